The van der Waals surface area contributed by atoms with E-state index in [0.717, 1.165) is 67.1 Å². The number of rotatable bonds is 14. The number of pyridine rings is 1. The second kappa shape index (κ2) is 18.3. The number of carbonyl (C=O) groups is 1. The van der Waals surface area contributed by atoms with Crippen LogP contribution in [0.3, 0.4) is 0 Å². The number of H-pyrrole nitrogens is 1. The van der Waals surface area contributed by atoms with Gasteiger partial charge in [-0.2, -0.15) is 0 Å². The van der Waals surface area contributed by atoms with Crippen LogP contribution in [0.15, 0.2) is 95.7 Å². The van der Waals surface area contributed by atoms with Crippen LogP contribution in [0.2, 0.25) is 5.02 Å². The van der Waals surface area contributed by atoms with Gasteiger partial charge in [0.25, 0.3) is 15.9 Å². The van der Waals surface area contributed by atoms with E-state index in [2.05, 4.69) is 50.5 Å². The van der Waals surface area contributed by atoms with Gasteiger partial charge in [0.05, 0.1) is 21.6 Å². The second-order valence-corrected chi connectivity index (χ2v) is 19.3. The number of amides is 1. The number of nitro groups is 1. The van der Waals surface area contributed by atoms with Crippen LogP contribution < -0.4 is 19.1 Å². The Kier molecular flexibility index (Phi) is 12.8. The Morgan fingerprint density at radius 3 is 2.48 bits per heavy atom. The molecule has 0 spiro atoms. The second-order valence-electron chi connectivity index (χ2n) is 17.2. The predicted molar refractivity (Wildman–Crippen MR) is 240 cm³/mol. The van der Waals surface area contributed by atoms with E-state index in [1.54, 1.807) is 31.5 Å². The van der Waals surface area contributed by atoms with Crippen molar-refractivity contribution in [2.45, 2.75) is 56.4 Å². The number of piperazine rings is 1. The molecule has 0 bridgehead atoms. The summed E-state index contributed by atoms with van der Waals surface area (Å²) in [5.74, 6) is -0.673. The molecule has 2 fully saturated rings. The highest BCUT2D eigenvalue weighted by Gasteiger charge is 2.35. The summed E-state index contributed by atoms with van der Waals surface area (Å²) >= 11 is 6.24. The van der Waals surface area contributed by atoms with Gasteiger partial charge in [0, 0.05) is 100 Å². The van der Waals surface area contributed by atoms with Crippen LogP contribution in [0.5, 0.6) is 17.2 Å². The molecule has 1 amide bonds. The molecule has 332 valence electrons. The van der Waals surface area contributed by atoms with Crippen LogP contribution in [0.4, 0.5) is 11.4 Å². The van der Waals surface area contributed by atoms with Crippen molar-refractivity contribution in [1.29, 1.82) is 0 Å². The van der Waals surface area contributed by atoms with Crippen molar-refractivity contribution < 1.29 is 37.1 Å². The van der Waals surface area contributed by atoms with E-state index in [9.17, 15) is 23.3 Å². The number of anilines is 1. The van der Waals surface area contributed by atoms with E-state index in [1.165, 1.54) is 35.0 Å². The predicted octanol–water partition coefficient (Wildman–Crippen LogP) is 8.40. The molecule has 17 heteroatoms. The van der Waals surface area contributed by atoms with Crippen molar-refractivity contribution in [3.63, 3.8) is 0 Å². The number of hydrogen-bond acceptors (Lipinski definition) is 12. The number of halogens is 1. The zero-order valence-corrected chi connectivity index (χ0v) is 37.1. The van der Waals surface area contributed by atoms with E-state index in [-0.39, 0.29) is 29.1 Å². The number of aromatic amines is 1. The first kappa shape index (κ1) is 44.1. The molecule has 8 rings (SSSR count). The van der Waals surface area contributed by atoms with Crippen molar-refractivity contribution in [2.75, 3.05) is 64.6 Å². The molecular formula is C46H51ClN6O9S. The highest BCUT2D eigenvalue weighted by atomic mass is 35.5. The smallest absolute Gasteiger partial charge is 0.312 e. The number of nitrogens with zero attached hydrogens (tertiary/aromatic N) is 4. The monoisotopic (exact) mass is 898 g/mol. The highest BCUT2D eigenvalue weighted by Crippen LogP contribution is 2.43. The number of fused-ring (bicyclic) bond motifs is 1. The minimum absolute atomic E-state index is 0.000384. The van der Waals surface area contributed by atoms with Gasteiger partial charge in [-0.05, 0) is 84.3 Å². The Balaban J connectivity index is 1.01. The molecule has 0 unspecified atom stereocenters. The molecule has 0 saturated carbocycles. The van der Waals surface area contributed by atoms with E-state index < -0.39 is 37.0 Å². The van der Waals surface area contributed by atoms with Gasteiger partial charge in [-0.25, -0.2) is 18.1 Å². The van der Waals surface area contributed by atoms with Gasteiger partial charge in [0.2, 0.25) is 0 Å². The fourth-order valence-corrected chi connectivity index (χ4v) is 9.62. The molecular weight excluding hydrogens is 848 g/mol. The number of nitrogens with one attached hydrogen (secondary N) is 2. The topological polar surface area (TPSA) is 178 Å². The number of sulfonamides is 1. The summed E-state index contributed by atoms with van der Waals surface area (Å²) < 4.78 is 52.8. The molecule has 0 radical (unpaired) electrons. The number of ether oxygens (including phenoxy) is 4. The summed E-state index contributed by atoms with van der Waals surface area (Å²) in [6, 6.07) is 20.0. The summed E-state index contributed by atoms with van der Waals surface area (Å²) in [6.45, 7) is 9.48. The van der Waals surface area contributed by atoms with Gasteiger partial charge in [-0.15, -0.1) is 0 Å². The van der Waals surface area contributed by atoms with Crippen molar-refractivity contribution in [1.82, 2.24) is 19.6 Å². The maximum absolute atomic E-state index is 13.9. The van der Waals surface area contributed by atoms with Crippen molar-refractivity contribution in [2.24, 2.45) is 5.41 Å². The van der Waals surface area contributed by atoms with E-state index >= 15 is 0 Å². The number of methoxy groups -OCH3 is 1. The number of nitro benzene ring substituents is 1. The summed E-state index contributed by atoms with van der Waals surface area (Å²) in [6.07, 6.45) is 7.50. The van der Waals surface area contributed by atoms with Gasteiger partial charge in [-0.3, -0.25) is 19.8 Å². The van der Waals surface area contributed by atoms with Crippen molar-refractivity contribution >= 4 is 55.5 Å². The third-order valence-corrected chi connectivity index (χ3v) is 13.9. The molecule has 0 atom stereocenters. The lowest BCUT2D eigenvalue weighted by molar-refractivity contribution is -0.386. The van der Waals surface area contributed by atoms with Crippen molar-refractivity contribution in [3.8, 4) is 17.2 Å². The standard InChI is InChI=1S/C46H51ClN6O9S/c1-45(2)14-12-33(39(27-45)31-4-6-34(47)7-5-31)29-51-18-20-52(21-19-51)35-8-10-38(42(25-35)62-36-24-32-13-17-48-43(32)49-28-36)44(54)50-63(57,58)37-9-11-41(40(26-37)53(55)56)61-30-46(59-3)15-22-60-23-16-46/h4-11,13,17,24-26,28H,12,14-16,18-23,27,29-30H2,1-3H3,(H,48,49)(H,50,54). The lowest BCUT2D eigenvalue weighted by Crippen LogP contribution is -2.47. The Hall–Kier alpha value is -5.52. The molecule has 15 nitrogen and oxygen atoms in total. The maximum atomic E-state index is 13.9. The lowest BCUT2D eigenvalue weighted by atomic mass is 9.72. The normalized spacial score (nSPS) is 18.0. The van der Waals surface area contributed by atoms with E-state index in [4.69, 9.17) is 30.5 Å². The van der Waals surface area contributed by atoms with Crippen molar-refractivity contribution in [3.05, 3.63) is 117 Å². The number of allylic oxidation sites excluding steroid dienone is 1. The Morgan fingerprint density at radius 2 is 1.75 bits per heavy atom. The molecule has 2 aromatic heterocycles. The molecule has 2 aliphatic heterocycles. The fraction of sp³-hybridized carbons (Fsp3) is 0.391. The van der Waals surface area contributed by atoms with E-state index in [1.807, 2.05) is 18.2 Å². The molecule has 4 heterocycles. The third kappa shape index (κ3) is 10.2. The molecule has 1 aliphatic carbocycles. The van der Waals surface area contributed by atoms with E-state index in [0.29, 0.717) is 50.5 Å². The largest absolute Gasteiger partial charge is 0.484 e. The van der Waals surface area contributed by atoms with Gasteiger partial charge >= 0.3 is 5.69 Å². The number of aromatic nitrogens is 2. The van der Waals surface area contributed by atoms with Gasteiger partial charge in [0.1, 0.15) is 29.4 Å². The Morgan fingerprint density at radius 1 is 0.984 bits per heavy atom. The number of benzene rings is 3. The Labute approximate surface area is 371 Å². The third-order valence-electron chi connectivity index (χ3n) is 12.3. The minimum Gasteiger partial charge on any atom is -0.484 e. The average molecular weight is 899 g/mol. The molecule has 3 aromatic carbocycles. The van der Waals surface area contributed by atoms with Crippen LogP contribution in [0, 0.1) is 15.5 Å². The molecule has 2 saturated heterocycles. The first-order chi connectivity index (χ1) is 30.2. The van der Waals surface area contributed by atoms with Crippen LogP contribution in [-0.2, 0) is 19.5 Å². The SMILES string of the molecule is COC1(COc2ccc(S(=O)(=O)NC(=O)c3ccc(N4CCN(CC5=C(c6ccc(Cl)cc6)CC(C)(C)CC5)CC4)cc3Oc3cnc4[nH]ccc4c3)cc2[N+](=O)[O-])CCOCC1. The van der Waals surface area contributed by atoms with Gasteiger partial charge in [0.15, 0.2) is 5.75 Å². The summed E-state index contributed by atoms with van der Waals surface area (Å²) in [4.78, 5) is 37.0. The zero-order chi connectivity index (χ0) is 44.4. The van der Waals surface area contributed by atoms with Gasteiger partial charge in [-0.1, -0.05) is 43.2 Å². The highest BCUT2D eigenvalue weighted by molar-refractivity contribution is 7.90. The fourth-order valence-electron chi connectivity index (χ4n) is 8.51. The summed E-state index contributed by atoms with van der Waals surface area (Å²) in [5, 5.41) is 13.7. The van der Waals surface area contributed by atoms with Crippen LogP contribution in [0.1, 0.15) is 61.9 Å². The first-order valence-electron chi connectivity index (χ1n) is 21.0. The average Bonchev–Trinajstić information content (AvgIpc) is 3.75. The zero-order valence-electron chi connectivity index (χ0n) is 35.5. The quantitative estimate of drug-likeness (QED) is 0.0805. The minimum atomic E-state index is -4.62. The number of hydrogen-bond donors (Lipinski definition) is 2. The van der Waals surface area contributed by atoms with Crippen LogP contribution in [-0.4, -0.2) is 99.4 Å². The lowest BCUT2D eigenvalue weighted by Gasteiger charge is -2.39. The Bertz CT molecular complexity index is 2640. The summed E-state index contributed by atoms with van der Waals surface area (Å²) in [7, 11) is -3.08. The molecule has 63 heavy (non-hydrogen) atoms. The van der Waals surface area contributed by atoms with Crippen LogP contribution >= 0.6 is 11.6 Å². The van der Waals surface area contributed by atoms with Gasteiger partial charge < -0.3 is 28.8 Å². The number of carbonyl (C=O) groups excluding carboxylic acids is 1. The van der Waals surface area contributed by atoms with Crippen LogP contribution in [0.25, 0.3) is 16.6 Å². The first-order valence-corrected chi connectivity index (χ1v) is 22.9. The molecule has 2 N–H and O–H groups in total. The maximum Gasteiger partial charge on any atom is 0.312 e. The molecule has 3 aliphatic rings. The molecule has 5 aromatic rings. The summed E-state index contributed by atoms with van der Waals surface area (Å²) in [5.41, 5.74) is 4.41.